The molecule has 0 spiro atoms. The van der Waals surface area contributed by atoms with Crippen molar-refractivity contribution in [2.24, 2.45) is 0 Å². The van der Waals surface area contributed by atoms with Crippen molar-refractivity contribution in [3.63, 3.8) is 0 Å². The standard InChI is InChI=1S/C36H39BrFN3O6/c1-45-28-14-23(15-29(18-28)46-2)21-40(26-10-11-26)35(42)34-30(17-27-19-39-20-32(34)41(27)36(43)44)24-7-5-22(6-8-24)4-3-13-47-33-16-25(38)9-12-31(33)37/h5-9,12,14-16,18,26-27,32,39H,3-4,10-11,13,17,19-21H2,1-2H3,(H,43,44). The second-order valence-electron chi connectivity index (χ2n) is 12.2. The lowest BCUT2D eigenvalue weighted by molar-refractivity contribution is -0.129. The van der Waals surface area contributed by atoms with Crippen LogP contribution in [0.3, 0.4) is 0 Å². The molecule has 2 N–H and O–H groups in total. The first-order valence-electron chi connectivity index (χ1n) is 15.9. The van der Waals surface area contributed by atoms with E-state index >= 15 is 0 Å². The molecule has 3 aromatic rings. The fourth-order valence-electron chi connectivity index (χ4n) is 6.61. The lowest BCUT2D eigenvalue weighted by Crippen LogP contribution is -2.63. The number of piperazine rings is 1. The molecule has 0 aromatic heterocycles. The number of ether oxygens (including phenoxy) is 3. The highest BCUT2D eigenvalue weighted by atomic mass is 79.9. The highest BCUT2D eigenvalue weighted by Crippen LogP contribution is 2.40. The molecule has 1 saturated carbocycles. The molecule has 0 radical (unpaired) electrons. The molecular weight excluding hydrogens is 669 g/mol. The third kappa shape index (κ3) is 7.41. The zero-order chi connectivity index (χ0) is 33.1. The minimum atomic E-state index is -1.01. The van der Waals surface area contributed by atoms with Crippen molar-refractivity contribution in [2.45, 2.75) is 56.8 Å². The molecule has 2 heterocycles. The average molecular weight is 709 g/mol. The van der Waals surface area contributed by atoms with E-state index in [1.165, 1.54) is 17.0 Å². The van der Waals surface area contributed by atoms with Gasteiger partial charge in [0, 0.05) is 43.4 Å². The molecule has 47 heavy (non-hydrogen) atoms. The third-order valence-electron chi connectivity index (χ3n) is 9.07. The fraction of sp³-hybridized carbons (Fsp3) is 0.389. The first-order valence-corrected chi connectivity index (χ1v) is 16.7. The molecule has 1 aliphatic carbocycles. The Morgan fingerprint density at radius 1 is 1.00 bits per heavy atom. The number of benzene rings is 3. The molecule has 2 atom stereocenters. The molecule has 2 bridgehead atoms. The number of hydrogen-bond acceptors (Lipinski definition) is 6. The number of nitrogens with one attached hydrogen (secondary N) is 1. The summed E-state index contributed by atoms with van der Waals surface area (Å²) in [5.41, 5.74) is 4.37. The van der Waals surface area contributed by atoms with Gasteiger partial charge in [-0.15, -0.1) is 0 Å². The number of aryl methyl sites for hydroxylation is 1. The van der Waals surface area contributed by atoms with Gasteiger partial charge in [-0.2, -0.15) is 0 Å². The van der Waals surface area contributed by atoms with Crippen molar-refractivity contribution in [1.29, 1.82) is 0 Å². The number of nitrogens with zero attached hydrogens (tertiary/aromatic N) is 2. The summed E-state index contributed by atoms with van der Waals surface area (Å²) in [7, 11) is 3.19. The van der Waals surface area contributed by atoms with E-state index in [2.05, 4.69) is 33.4 Å². The zero-order valence-electron chi connectivity index (χ0n) is 26.5. The van der Waals surface area contributed by atoms with Gasteiger partial charge in [-0.3, -0.25) is 9.69 Å². The molecule has 2 aliphatic heterocycles. The Hall–Kier alpha value is -4.09. The van der Waals surface area contributed by atoms with Gasteiger partial charge in [-0.25, -0.2) is 9.18 Å². The second kappa shape index (κ2) is 14.4. The number of carbonyl (C=O) groups excluding carboxylic acids is 1. The summed E-state index contributed by atoms with van der Waals surface area (Å²) in [5, 5.41) is 13.6. The van der Waals surface area contributed by atoms with E-state index in [1.54, 1.807) is 26.4 Å². The number of amides is 2. The van der Waals surface area contributed by atoms with Crippen molar-refractivity contribution in [3.05, 3.63) is 93.2 Å². The SMILES string of the molecule is COc1cc(CN(C(=O)C2=C(c3ccc(CCCOc4cc(F)ccc4Br)cc3)CC3CNCC2N3C(=O)O)C2CC2)cc(OC)c1. The Kier molecular flexibility index (Phi) is 10.0. The molecule has 2 amide bonds. The van der Waals surface area contributed by atoms with Gasteiger partial charge in [0.05, 0.1) is 37.4 Å². The summed E-state index contributed by atoms with van der Waals surface area (Å²) in [4.78, 5) is 30.5. The maximum Gasteiger partial charge on any atom is 0.408 e. The fourth-order valence-corrected chi connectivity index (χ4v) is 6.97. The van der Waals surface area contributed by atoms with Crippen LogP contribution >= 0.6 is 15.9 Å². The van der Waals surface area contributed by atoms with Crippen LogP contribution in [0.2, 0.25) is 0 Å². The van der Waals surface area contributed by atoms with E-state index < -0.39 is 12.1 Å². The molecule has 9 nitrogen and oxygen atoms in total. The average Bonchev–Trinajstić information content (AvgIpc) is 3.92. The predicted molar refractivity (Wildman–Crippen MR) is 179 cm³/mol. The van der Waals surface area contributed by atoms with Gasteiger partial charge in [0.25, 0.3) is 5.91 Å². The minimum absolute atomic E-state index is 0.0820. The Labute approximate surface area is 282 Å². The molecule has 2 unspecified atom stereocenters. The van der Waals surface area contributed by atoms with Crippen LogP contribution in [0.5, 0.6) is 17.2 Å². The molecule has 11 heteroatoms. The van der Waals surface area contributed by atoms with Crippen molar-refractivity contribution in [2.75, 3.05) is 33.9 Å². The molecule has 6 rings (SSSR count). The topological polar surface area (TPSA) is 101 Å². The summed E-state index contributed by atoms with van der Waals surface area (Å²) in [6, 6.07) is 17.4. The van der Waals surface area contributed by atoms with E-state index in [-0.39, 0.29) is 23.8 Å². The van der Waals surface area contributed by atoms with Crippen LogP contribution in [-0.2, 0) is 17.8 Å². The van der Waals surface area contributed by atoms with Crippen LogP contribution in [0.15, 0.2) is 70.7 Å². The van der Waals surface area contributed by atoms with Gasteiger partial charge < -0.3 is 29.5 Å². The van der Waals surface area contributed by atoms with Crippen LogP contribution in [0.25, 0.3) is 5.57 Å². The Balaban J connectivity index is 1.26. The molecule has 3 aromatic carbocycles. The van der Waals surface area contributed by atoms with E-state index in [0.717, 1.165) is 47.9 Å². The zero-order valence-corrected chi connectivity index (χ0v) is 28.1. The summed E-state index contributed by atoms with van der Waals surface area (Å²) in [5.74, 6) is 1.28. The summed E-state index contributed by atoms with van der Waals surface area (Å²) >= 11 is 3.39. The van der Waals surface area contributed by atoms with Gasteiger partial charge >= 0.3 is 6.09 Å². The number of methoxy groups -OCH3 is 2. The molecule has 3 aliphatic rings. The monoisotopic (exact) mass is 707 g/mol. The molecular formula is C36H39BrFN3O6. The summed E-state index contributed by atoms with van der Waals surface area (Å²) in [6.45, 7) is 1.70. The Morgan fingerprint density at radius 3 is 2.38 bits per heavy atom. The summed E-state index contributed by atoms with van der Waals surface area (Å²) < 4.78 is 31.0. The highest BCUT2D eigenvalue weighted by Gasteiger charge is 2.46. The van der Waals surface area contributed by atoms with Gasteiger partial charge in [-0.1, -0.05) is 24.3 Å². The van der Waals surface area contributed by atoms with Crippen LogP contribution < -0.4 is 19.5 Å². The van der Waals surface area contributed by atoms with Gasteiger partial charge in [0.2, 0.25) is 0 Å². The third-order valence-corrected chi connectivity index (χ3v) is 9.73. The maximum atomic E-state index is 14.7. The van der Waals surface area contributed by atoms with Crippen molar-refractivity contribution in [1.82, 2.24) is 15.1 Å². The largest absolute Gasteiger partial charge is 0.497 e. The molecule has 248 valence electrons. The summed E-state index contributed by atoms with van der Waals surface area (Å²) in [6.07, 6.45) is 2.74. The Morgan fingerprint density at radius 2 is 1.72 bits per heavy atom. The van der Waals surface area contributed by atoms with Gasteiger partial charge in [0.15, 0.2) is 0 Å². The smallest absolute Gasteiger partial charge is 0.408 e. The van der Waals surface area contributed by atoms with E-state index in [4.69, 9.17) is 14.2 Å². The van der Waals surface area contributed by atoms with E-state index in [9.17, 15) is 19.1 Å². The van der Waals surface area contributed by atoms with E-state index in [0.29, 0.717) is 60.0 Å². The second-order valence-corrected chi connectivity index (χ2v) is 13.1. The van der Waals surface area contributed by atoms with Crippen LogP contribution in [0, 0.1) is 5.82 Å². The van der Waals surface area contributed by atoms with Crippen molar-refractivity contribution < 1.29 is 33.3 Å². The number of carbonyl (C=O) groups is 2. The van der Waals surface area contributed by atoms with Gasteiger partial charge in [0.1, 0.15) is 23.1 Å². The normalized spacial score (nSPS) is 18.9. The van der Waals surface area contributed by atoms with Crippen LogP contribution in [0.4, 0.5) is 9.18 Å². The van der Waals surface area contributed by atoms with Gasteiger partial charge in [-0.05, 0) is 94.6 Å². The number of halogens is 2. The van der Waals surface area contributed by atoms with Crippen LogP contribution in [-0.4, -0.2) is 78.9 Å². The lowest BCUT2D eigenvalue weighted by atomic mass is 9.81. The van der Waals surface area contributed by atoms with Crippen molar-refractivity contribution in [3.8, 4) is 17.2 Å². The number of rotatable bonds is 12. The quantitative estimate of drug-likeness (QED) is 0.214. The first-order chi connectivity index (χ1) is 22.7. The highest BCUT2D eigenvalue weighted by molar-refractivity contribution is 9.10. The van der Waals surface area contributed by atoms with Crippen LogP contribution in [0.1, 0.15) is 42.4 Å². The van der Waals surface area contributed by atoms with Crippen molar-refractivity contribution >= 4 is 33.5 Å². The molecule has 2 fully saturated rings. The molecule has 1 saturated heterocycles. The van der Waals surface area contributed by atoms with E-state index in [1.807, 2.05) is 29.2 Å². The first kappa shape index (κ1) is 32.8. The predicted octanol–water partition coefficient (Wildman–Crippen LogP) is 6.29. The Bertz CT molecular complexity index is 1640. The minimum Gasteiger partial charge on any atom is -0.497 e. The number of carboxylic acid groups (broad SMARTS) is 1. The maximum absolute atomic E-state index is 14.7. The lowest BCUT2D eigenvalue weighted by Gasteiger charge is -2.47. The number of fused-ring (bicyclic) bond motifs is 2. The number of hydrogen-bond donors (Lipinski definition) is 2.